The Labute approximate surface area is 191 Å². The van der Waals surface area contributed by atoms with Crippen molar-refractivity contribution in [2.24, 2.45) is 40.2 Å². The van der Waals surface area contributed by atoms with E-state index in [4.69, 9.17) is 10.5 Å². The second kappa shape index (κ2) is 7.86. The molecule has 3 N–H and O–H groups in total. The lowest BCUT2D eigenvalue weighted by molar-refractivity contribution is -0.146. The van der Waals surface area contributed by atoms with Gasteiger partial charge in [0.15, 0.2) is 6.61 Å². The molecule has 1 aromatic carbocycles. The van der Waals surface area contributed by atoms with Crippen LogP contribution in [0, 0.1) is 34.5 Å². The van der Waals surface area contributed by atoms with Gasteiger partial charge in [0.2, 0.25) is 0 Å². The molecule has 1 aromatic rings. The van der Waals surface area contributed by atoms with E-state index in [0.717, 1.165) is 51.4 Å². The van der Waals surface area contributed by atoms with E-state index >= 15 is 0 Å². The molecule has 3 unspecified atom stereocenters. The number of ketones is 1. The fourth-order valence-electron chi connectivity index (χ4n) is 8.35. The Morgan fingerprint density at radius 1 is 1.09 bits per heavy atom. The number of amides is 1. The number of Topliss-reactive ketones (excluding diaryl/α,β-unsaturated/α-hetero) is 1. The van der Waals surface area contributed by atoms with Crippen LogP contribution < -0.4 is 10.5 Å². The van der Waals surface area contributed by atoms with E-state index in [1.165, 1.54) is 5.56 Å². The van der Waals surface area contributed by atoms with Crippen molar-refractivity contribution in [1.29, 1.82) is 0 Å². The van der Waals surface area contributed by atoms with Crippen LogP contribution in [0.25, 0.3) is 0 Å². The standard InChI is InChI=1S/C27H37NO4/c1-26-11-9-18(29)13-17(26)14-20(16-3-5-19(6-4-16)32-15-24(28)31)25-21-7-8-23(30)27(21,2)12-10-22(25)26/h3-6,17,20-23,25,30H,7-15H2,1-2H3,(H2,28,31)/t17?,20?,21-,22+,23?,25-,26-,27-/m0/s1. The number of carbonyl (C=O) groups excluding carboxylic acids is 2. The molecule has 0 heterocycles. The third-order valence-electron chi connectivity index (χ3n) is 10.2. The summed E-state index contributed by atoms with van der Waals surface area (Å²) in [5.41, 5.74) is 6.75. The molecule has 4 fully saturated rings. The van der Waals surface area contributed by atoms with Crippen molar-refractivity contribution in [3.05, 3.63) is 29.8 Å². The van der Waals surface area contributed by atoms with Gasteiger partial charge in [-0.1, -0.05) is 26.0 Å². The summed E-state index contributed by atoms with van der Waals surface area (Å²) < 4.78 is 5.48. The molecule has 0 bridgehead atoms. The summed E-state index contributed by atoms with van der Waals surface area (Å²) in [5.74, 6) is 3.11. The van der Waals surface area contributed by atoms with Gasteiger partial charge in [-0.05, 0) is 96.6 Å². The van der Waals surface area contributed by atoms with Gasteiger partial charge in [-0.2, -0.15) is 0 Å². The van der Waals surface area contributed by atoms with Gasteiger partial charge in [-0.3, -0.25) is 9.59 Å². The lowest BCUT2D eigenvalue weighted by Gasteiger charge is -2.62. The summed E-state index contributed by atoms with van der Waals surface area (Å²) in [5, 5.41) is 10.9. The van der Waals surface area contributed by atoms with Gasteiger partial charge >= 0.3 is 0 Å². The van der Waals surface area contributed by atoms with Crippen LogP contribution in [0.2, 0.25) is 0 Å². The third-order valence-corrected chi connectivity index (χ3v) is 10.2. The summed E-state index contributed by atoms with van der Waals surface area (Å²) in [6.45, 7) is 4.67. The molecule has 4 saturated carbocycles. The minimum Gasteiger partial charge on any atom is -0.484 e. The van der Waals surface area contributed by atoms with Crippen LogP contribution in [0.5, 0.6) is 5.75 Å². The van der Waals surface area contributed by atoms with E-state index < -0.39 is 5.91 Å². The van der Waals surface area contributed by atoms with Gasteiger partial charge in [0.25, 0.3) is 5.91 Å². The molecule has 32 heavy (non-hydrogen) atoms. The highest BCUT2D eigenvalue weighted by molar-refractivity contribution is 5.79. The van der Waals surface area contributed by atoms with Crippen LogP contribution in [0.4, 0.5) is 0 Å². The molecule has 5 rings (SSSR count). The summed E-state index contributed by atoms with van der Waals surface area (Å²) in [6, 6.07) is 8.17. The number of ether oxygens (including phenoxy) is 1. The van der Waals surface area contributed by atoms with Crippen LogP contribution in [0.15, 0.2) is 24.3 Å². The van der Waals surface area contributed by atoms with Crippen LogP contribution >= 0.6 is 0 Å². The zero-order chi connectivity index (χ0) is 22.7. The van der Waals surface area contributed by atoms with Crippen molar-refractivity contribution in [2.75, 3.05) is 6.61 Å². The molecular weight excluding hydrogens is 402 g/mol. The minimum atomic E-state index is -0.480. The predicted octanol–water partition coefficient (Wildman–Crippen LogP) is 4.22. The summed E-state index contributed by atoms with van der Waals surface area (Å²) in [6.07, 6.45) is 7.61. The molecule has 0 saturated heterocycles. The number of hydrogen-bond donors (Lipinski definition) is 2. The minimum absolute atomic E-state index is 0.0115. The number of nitrogens with two attached hydrogens (primary N) is 1. The summed E-state index contributed by atoms with van der Waals surface area (Å²) in [4.78, 5) is 23.5. The molecule has 0 aliphatic heterocycles. The van der Waals surface area contributed by atoms with Crippen molar-refractivity contribution in [2.45, 2.75) is 77.2 Å². The average molecular weight is 440 g/mol. The maximum absolute atomic E-state index is 12.4. The second-order valence-corrected chi connectivity index (χ2v) is 11.5. The van der Waals surface area contributed by atoms with Crippen molar-refractivity contribution in [3.63, 3.8) is 0 Å². The first kappa shape index (κ1) is 21.9. The largest absolute Gasteiger partial charge is 0.484 e. The number of benzene rings is 1. The second-order valence-electron chi connectivity index (χ2n) is 11.5. The Balaban J connectivity index is 1.50. The Morgan fingerprint density at radius 3 is 2.53 bits per heavy atom. The van der Waals surface area contributed by atoms with E-state index in [0.29, 0.717) is 41.1 Å². The van der Waals surface area contributed by atoms with E-state index in [1.54, 1.807) is 0 Å². The van der Waals surface area contributed by atoms with Crippen LogP contribution in [0.3, 0.4) is 0 Å². The molecule has 4 aliphatic carbocycles. The van der Waals surface area contributed by atoms with Crippen molar-refractivity contribution in [1.82, 2.24) is 0 Å². The third kappa shape index (κ3) is 3.39. The fraction of sp³-hybridized carbons (Fsp3) is 0.704. The molecule has 0 radical (unpaired) electrons. The zero-order valence-electron chi connectivity index (χ0n) is 19.4. The van der Waals surface area contributed by atoms with Crippen molar-refractivity contribution < 1.29 is 19.4 Å². The fourth-order valence-corrected chi connectivity index (χ4v) is 8.35. The lowest BCUT2D eigenvalue weighted by Crippen LogP contribution is -2.56. The number of fused-ring (bicyclic) bond motifs is 5. The van der Waals surface area contributed by atoms with Gasteiger partial charge in [0.05, 0.1) is 6.10 Å². The molecule has 0 spiro atoms. The molecule has 4 aliphatic rings. The van der Waals surface area contributed by atoms with Crippen LogP contribution in [-0.2, 0) is 9.59 Å². The van der Waals surface area contributed by atoms with Gasteiger partial charge in [0.1, 0.15) is 11.5 Å². The van der Waals surface area contributed by atoms with Crippen molar-refractivity contribution >= 4 is 11.7 Å². The first-order chi connectivity index (χ1) is 15.2. The first-order valence-electron chi connectivity index (χ1n) is 12.4. The summed E-state index contributed by atoms with van der Waals surface area (Å²) >= 11 is 0. The van der Waals surface area contributed by atoms with E-state index in [1.807, 2.05) is 12.1 Å². The molecule has 5 heteroatoms. The number of aliphatic hydroxyl groups excluding tert-OH is 1. The van der Waals surface area contributed by atoms with E-state index in [-0.39, 0.29) is 23.5 Å². The lowest BCUT2D eigenvalue weighted by atomic mass is 9.42. The van der Waals surface area contributed by atoms with Gasteiger partial charge in [-0.25, -0.2) is 0 Å². The smallest absolute Gasteiger partial charge is 0.255 e. The van der Waals surface area contributed by atoms with Gasteiger partial charge in [0, 0.05) is 12.8 Å². The monoisotopic (exact) mass is 439 g/mol. The van der Waals surface area contributed by atoms with Gasteiger partial charge < -0.3 is 15.6 Å². The molecule has 0 aromatic heterocycles. The topological polar surface area (TPSA) is 89.6 Å². The first-order valence-corrected chi connectivity index (χ1v) is 12.4. The maximum Gasteiger partial charge on any atom is 0.255 e. The highest BCUT2D eigenvalue weighted by atomic mass is 16.5. The Morgan fingerprint density at radius 2 is 1.81 bits per heavy atom. The average Bonchev–Trinajstić information content (AvgIpc) is 3.07. The SMILES string of the molecule is C[C@]12CCC(=O)CC1CC(c1ccc(OCC(N)=O)cc1)[C@@H]1[C@H]2CC[C@]2(C)C(O)CC[C@@H]12. The molecule has 8 atom stereocenters. The number of aliphatic hydroxyl groups is 1. The molecular formula is C27H37NO4. The quantitative estimate of drug-likeness (QED) is 0.735. The Kier molecular flexibility index (Phi) is 5.39. The van der Waals surface area contributed by atoms with Gasteiger partial charge in [-0.15, -0.1) is 0 Å². The molecule has 5 nitrogen and oxygen atoms in total. The number of rotatable bonds is 4. The molecule has 1 amide bonds. The highest BCUT2D eigenvalue weighted by Gasteiger charge is 2.62. The van der Waals surface area contributed by atoms with Crippen LogP contribution in [-0.4, -0.2) is 29.5 Å². The summed E-state index contributed by atoms with van der Waals surface area (Å²) in [7, 11) is 0. The normalized spacial score (nSPS) is 43.2. The zero-order valence-corrected chi connectivity index (χ0v) is 19.4. The number of primary amides is 1. The number of hydrogen-bond acceptors (Lipinski definition) is 4. The van der Waals surface area contributed by atoms with Crippen molar-refractivity contribution in [3.8, 4) is 5.75 Å². The van der Waals surface area contributed by atoms with Crippen LogP contribution in [0.1, 0.15) is 76.7 Å². The van der Waals surface area contributed by atoms with E-state index in [2.05, 4.69) is 26.0 Å². The predicted molar refractivity (Wildman–Crippen MR) is 122 cm³/mol. The highest BCUT2D eigenvalue weighted by Crippen LogP contribution is 2.68. The number of carbonyl (C=O) groups is 2. The van der Waals surface area contributed by atoms with E-state index in [9.17, 15) is 14.7 Å². The Hall–Kier alpha value is -1.88. The Bertz CT molecular complexity index is 897. The maximum atomic E-state index is 12.4. The molecule has 174 valence electrons.